The molecule has 0 bridgehead atoms. The monoisotopic (exact) mass is 226 g/mol. The van der Waals surface area contributed by atoms with Crippen molar-refractivity contribution in [2.24, 2.45) is 0 Å². The number of nitrogens with one attached hydrogen (secondary N) is 1. The van der Waals surface area contributed by atoms with Gasteiger partial charge < -0.3 is 4.98 Å². The Bertz CT molecular complexity index is 541. The van der Waals surface area contributed by atoms with Crippen molar-refractivity contribution < 1.29 is 0 Å². The zero-order chi connectivity index (χ0) is 10.3. The Kier molecular flexibility index (Phi) is 2.36. The van der Waals surface area contributed by atoms with Crippen LogP contribution in [-0.4, -0.2) is 9.97 Å². The van der Waals surface area contributed by atoms with E-state index in [1.165, 1.54) is 0 Å². The third-order valence-corrected chi connectivity index (χ3v) is 3.64. The molecule has 0 aliphatic rings. The van der Waals surface area contributed by atoms with Gasteiger partial charge in [-0.25, -0.2) is 4.98 Å². The summed E-state index contributed by atoms with van der Waals surface area (Å²) in [7, 11) is 0. The predicted octanol–water partition coefficient (Wildman–Crippen LogP) is 2.03. The van der Waals surface area contributed by atoms with Gasteiger partial charge in [0.05, 0.1) is 5.39 Å². The summed E-state index contributed by atoms with van der Waals surface area (Å²) in [5, 5.41) is 0.720. The minimum Gasteiger partial charge on any atom is -0.309 e. The molecule has 0 radical (unpaired) electrons. The maximum absolute atomic E-state index is 11.7. The normalized spacial score (nSPS) is 11.1. The van der Waals surface area contributed by atoms with E-state index < -0.39 is 0 Å². The maximum Gasteiger partial charge on any atom is 0.259 e. The molecule has 0 saturated carbocycles. The molecule has 5 heteroatoms. The number of hydrogen-bond donors (Lipinski definition) is 2. The van der Waals surface area contributed by atoms with Crippen molar-refractivity contribution >= 4 is 34.2 Å². The van der Waals surface area contributed by atoms with E-state index in [1.807, 2.05) is 13.8 Å². The molecule has 0 aromatic carbocycles. The molecular formula is C9H10N2OS2. The van der Waals surface area contributed by atoms with Crippen molar-refractivity contribution in [1.82, 2.24) is 9.97 Å². The summed E-state index contributed by atoms with van der Waals surface area (Å²) in [6.07, 6.45) is 0. The van der Waals surface area contributed by atoms with E-state index in [0.717, 1.165) is 20.7 Å². The molecule has 1 N–H and O–H groups in total. The molecule has 14 heavy (non-hydrogen) atoms. The molecule has 2 aromatic heterocycles. The van der Waals surface area contributed by atoms with Gasteiger partial charge in [-0.3, -0.25) is 4.79 Å². The lowest BCUT2D eigenvalue weighted by Gasteiger charge is -1.95. The highest BCUT2D eigenvalue weighted by molar-refractivity contribution is 7.79. The first-order chi connectivity index (χ1) is 6.63. The lowest BCUT2D eigenvalue weighted by Crippen LogP contribution is -2.10. The van der Waals surface area contributed by atoms with Crippen molar-refractivity contribution in [3.05, 3.63) is 26.6 Å². The smallest absolute Gasteiger partial charge is 0.259 e. The second kappa shape index (κ2) is 3.40. The minimum atomic E-state index is -0.0547. The van der Waals surface area contributed by atoms with Crippen LogP contribution in [0, 0.1) is 13.8 Å². The van der Waals surface area contributed by atoms with Gasteiger partial charge in [-0.2, -0.15) is 12.6 Å². The second-order valence-electron chi connectivity index (χ2n) is 3.13. The van der Waals surface area contributed by atoms with Crippen LogP contribution in [0.3, 0.4) is 0 Å². The molecular weight excluding hydrogens is 216 g/mol. The summed E-state index contributed by atoms with van der Waals surface area (Å²) in [5.41, 5.74) is 0.977. The van der Waals surface area contributed by atoms with E-state index >= 15 is 0 Å². The Morgan fingerprint density at radius 3 is 2.86 bits per heavy atom. The van der Waals surface area contributed by atoms with Crippen molar-refractivity contribution in [2.75, 3.05) is 0 Å². The molecule has 2 rings (SSSR count). The highest BCUT2D eigenvalue weighted by Gasteiger charge is 2.10. The Labute approximate surface area is 90.6 Å². The van der Waals surface area contributed by atoms with Gasteiger partial charge in [-0.05, 0) is 19.4 Å². The third-order valence-electron chi connectivity index (χ3n) is 2.24. The molecule has 0 unspecified atom stereocenters. The molecule has 0 amide bonds. The second-order valence-corrected chi connectivity index (χ2v) is 4.65. The van der Waals surface area contributed by atoms with E-state index in [4.69, 9.17) is 0 Å². The number of hydrogen-bond acceptors (Lipinski definition) is 4. The molecule has 0 aliphatic heterocycles. The Balaban J connectivity index is 2.90. The first-order valence-corrected chi connectivity index (χ1v) is 5.68. The van der Waals surface area contributed by atoms with Crippen molar-refractivity contribution in [3.8, 4) is 0 Å². The molecule has 0 spiro atoms. The van der Waals surface area contributed by atoms with Crippen LogP contribution in [0.25, 0.3) is 10.2 Å². The summed E-state index contributed by atoms with van der Waals surface area (Å²) in [6, 6.07) is 0. The number of aromatic nitrogens is 2. The van der Waals surface area contributed by atoms with Crippen LogP contribution >= 0.6 is 24.0 Å². The quantitative estimate of drug-likeness (QED) is 0.731. The number of nitrogens with zero attached hydrogens (tertiary/aromatic N) is 1. The average Bonchev–Trinajstić information content (AvgIpc) is 2.43. The minimum absolute atomic E-state index is 0.0547. The standard InChI is InChI=1S/C9H10N2OS2/c1-4-5(2)14-9-7(4)8(12)10-6(3-13)11-9/h13H,3H2,1-2H3,(H,10,11,12). The number of H-pyrrole nitrogens is 1. The van der Waals surface area contributed by atoms with Crippen LogP contribution < -0.4 is 5.56 Å². The first kappa shape index (κ1) is 9.73. The summed E-state index contributed by atoms with van der Waals surface area (Å²) in [5.74, 6) is 1.09. The largest absolute Gasteiger partial charge is 0.309 e. The fraction of sp³-hybridized carbons (Fsp3) is 0.333. The average molecular weight is 226 g/mol. The van der Waals surface area contributed by atoms with Crippen molar-refractivity contribution in [1.29, 1.82) is 0 Å². The summed E-state index contributed by atoms with van der Waals surface area (Å²) in [6.45, 7) is 3.95. The lowest BCUT2D eigenvalue weighted by atomic mass is 10.2. The Morgan fingerprint density at radius 1 is 1.50 bits per heavy atom. The topological polar surface area (TPSA) is 45.8 Å². The van der Waals surface area contributed by atoms with E-state index in [2.05, 4.69) is 22.6 Å². The summed E-state index contributed by atoms with van der Waals surface area (Å²) in [4.78, 5) is 20.7. The summed E-state index contributed by atoms with van der Waals surface area (Å²) >= 11 is 5.65. The zero-order valence-electron chi connectivity index (χ0n) is 7.92. The van der Waals surface area contributed by atoms with Gasteiger partial charge in [0.25, 0.3) is 5.56 Å². The van der Waals surface area contributed by atoms with Gasteiger partial charge >= 0.3 is 0 Å². The van der Waals surface area contributed by atoms with E-state index in [1.54, 1.807) is 11.3 Å². The fourth-order valence-electron chi connectivity index (χ4n) is 1.37. The fourth-order valence-corrected chi connectivity index (χ4v) is 2.57. The Morgan fingerprint density at radius 2 is 2.21 bits per heavy atom. The van der Waals surface area contributed by atoms with E-state index in [0.29, 0.717) is 11.6 Å². The SMILES string of the molecule is Cc1sc2nc(CS)[nH]c(=O)c2c1C. The predicted molar refractivity (Wildman–Crippen MR) is 62.4 cm³/mol. The number of thiophene rings is 1. The lowest BCUT2D eigenvalue weighted by molar-refractivity contribution is 1.05. The van der Waals surface area contributed by atoms with Crippen LogP contribution in [0.1, 0.15) is 16.3 Å². The van der Waals surface area contributed by atoms with Gasteiger partial charge in [0.2, 0.25) is 0 Å². The molecule has 0 saturated heterocycles. The first-order valence-electron chi connectivity index (χ1n) is 4.23. The highest BCUT2D eigenvalue weighted by Crippen LogP contribution is 2.25. The number of aryl methyl sites for hydroxylation is 2. The number of rotatable bonds is 1. The maximum atomic E-state index is 11.7. The molecule has 0 atom stereocenters. The van der Waals surface area contributed by atoms with Crippen LogP contribution in [0.2, 0.25) is 0 Å². The van der Waals surface area contributed by atoms with Crippen LogP contribution in [0.4, 0.5) is 0 Å². The summed E-state index contributed by atoms with van der Waals surface area (Å²) < 4.78 is 0. The number of aromatic amines is 1. The van der Waals surface area contributed by atoms with Crippen molar-refractivity contribution in [2.45, 2.75) is 19.6 Å². The van der Waals surface area contributed by atoms with E-state index in [-0.39, 0.29) is 5.56 Å². The zero-order valence-corrected chi connectivity index (χ0v) is 9.63. The molecule has 0 fully saturated rings. The molecule has 74 valence electrons. The van der Waals surface area contributed by atoms with Gasteiger partial charge in [0.1, 0.15) is 10.7 Å². The highest BCUT2D eigenvalue weighted by atomic mass is 32.1. The van der Waals surface area contributed by atoms with Crippen LogP contribution in [0.15, 0.2) is 4.79 Å². The molecule has 2 aromatic rings. The van der Waals surface area contributed by atoms with Gasteiger partial charge in [-0.1, -0.05) is 0 Å². The van der Waals surface area contributed by atoms with Crippen molar-refractivity contribution in [3.63, 3.8) is 0 Å². The van der Waals surface area contributed by atoms with Crippen LogP contribution in [0.5, 0.6) is 0 Å². The van der Waals surface area contributed by atoms with E-state index in [9.17, 15) is 4.79 Å². The molecule has 2 heterocycles. The Hall–Kier alpha value is -0.810. The number of fused-ring (bicyclic) bond motifs is 1. The van der Waals surface area contributed by atoms with Crippen LogP contribution in [-0.2, 0) is 5.75 Å². The van der Waals surface area contributed by atoms with Gasteiger partial charge in [0, 0.05) is 10.6 Å². The van der Waals surface area contributed by atoms with Gasteiger partial charge in [-0.15, -0.1) is 11.3 Å². The number of thiol groups is 1. The van der Waals surface area contributed by atoms with Gasteiger partial charge in [0.15, 0.2) is 0 Å². The molecule has 3 nitrogen and oxygen atoms in total. The molecule has 0 aliphatic carbocycles. The third kappa shape index (κ3) is 1.36.